The number of unbranched alkanes of at least 4 members (excludes halogenated alkanes) is 40. The molecule has 3 N–H and O–H groups in total. The Hall–Kier alpha value is -1.66. The van der Waals surface area contributed by atoms with Gasteiger partial charge in [0.05, 0.1) is 25.4 Å². The Labute approximate surface area is 399 Å². The predicted octanol–water partition coefficient (Wildman–Crippen LogP) is 17.5. The number of carbonyl (C=O) groups excluding carboxylic acids is 2. The summed E-state index contributed by atoms with van der Waals surface area (Å²) in [6.45, 7) is 4.90. The smallest absolute Gasteiger partial charge is 0.305 e. The Balaban J connectivity index is 3.45. The molecule has 378 valence electrons. The van der Waals surface area contributed by atoms with Gasteiger partial charge < -0.3 is 20.3 Å². The van der Waals surface area contributed by atoms with E-state index in [1.807, 2.05) is 6.08 Å². The van der Waals surface area contributed by atoms with Crippen molar-refractivity contribution in [3.8, 4) is 0 Å². The maximum Gasteiger partial charge on any atom is 0.305 e. The molecule has 0 heterocycles. The third-order valence-electron chi connectivity index (χ3n) is 13.2. The fraction of sp³-hybridized carbons (Fsp3) is 0.897. The van der Waals surface area contributed by atoms with Crippen molar-refractivity contribution in [3.05, 3.63) is 24.3 Å². The van der Waals surface area contributed by atoms with Gasteiger partial charge in [-0.2, -0.15) is 0 Å². The van der Waals surface area contributed by atoms with Gasteiger partial charge in [0.15, 0.2) is 0 Å². The summed E-state index contributed by atoms with van der Waals surface area (Å²) in [5.74, 6) is -0.0668. The molecule has 0 bridgehead atoms. The molecule has 0 saturated carbocycles. The zero-order chi connectivity index (χ0) is 46.5. The van der Waals surface area contributed by atoms with E-state index >= 15 is 0 Å². The first-order valence-electron chi connectivity index (χ1n) is 28.6. The second-order valence-electron chi connectivity index (χ2n) is 19.6. The molecule has 6 nitrogen and oxygen atoms in total. The molecule has 0 saturated heterocycles. The maximum absolute atomic E-state index is 12.4. The summed E-state index contributed by atoms with van der Waals surface area (Å²) < 4.78 is 5.47. The van der Waals surface area contributed by atoms with E-state index in [0.29, 0.717) is 19.4 Å². The highest BCUT2D eigenvalue weighted by Crippen LogP contribution is 2.16. The first kappa shape index (κ1) is 62.3. The van der Waals surface area contributed by atoms with Gasteiger partial charge in [-0.1, -0.05) is 263 Å². The fourth-order valence-electron chi connectivity index (χ4n) is 8.81. The molecule has 1 amide bonds. The zero-order valence-corrected chi connectivity index (χ0v) is 43.0. The number of aliphatic hydroxyl groups excluding tert-OH is 2. The Morgan fingerprint density at radius 1 is 0.422 bits per heavy atom. The van der Waals surface area contributed by atoms with E-state index in [2.05, 4.69) is 31.3 Å². The van der Waals surface area contributed by atoms with Gasteiger partial charge >= 0.3 is 5.97 Å². The fourth-order valence-corrected chi connectivity index (χ4v) is 8.81. The van der Waals surface area contributed by atoms with Gasteiger partial charge in [-0.3, -0.25) is 9.59 Å². The molecule has 64 heavy (non-hydrogen) atoms. The number of allylic oxidation sites excluding steroid dienone is 3. The van der Waals surface area contributed by atoms with E-state index in [9.17, 15) is 19.8 Å². The van der Waals surface area contributed by atoms with E-state index in [1.165, 1.54) is 238 Å². The molecule has 0 radical (unpaired) electrons. The SMILES string of the molecule is CCCCCCCCCCCCCC/C=C/C(O)C(CO)NC(=O)CCCCCCCCC/C=C\CCCCCCCCCCCCOC(=O)CCCCCCCCCCCCCC. The molecule has 0 aliphatic heterocycles. The molecule has 0 aromatic rings. The first-order valence-corrected chi connectivity index (χ1v) is 28.6. The number of carbonyl (C=O) groups is 2. The van der Waals surface area contributed by atoms with Crippen LogP contribution in [-0.2, 0) is 14.3 Å². The third kappa shape index (κ3) is 49.8. The second-order valence-corrected chi connectivity index (χ2v) is 19.6. The van der Waals surface area contributed by atoms with E-state index in [1.54, 1.807) is 6.08 Å². The van der Waals surface area contributed by atoms with Crippen LogP contribution in [0, 0.1) is 0 Å². The van der Waals surface area contributed by atoms with E-state index in [0.717, 1.165) is 44.9 Å². The summed E-state index contributed by atoms with van der Waals surface area (Å²) >= 11 is 0. The molecular formula is C58H111NO5. The van der Waals surface area contributed by atoms with Crippen molar-refractivity contribution in [3.63, 3.8) is 0 Å². The highest BCUT2D eigenvalue weighted by Gasteiger charge is 2.18. The van der Waals surface area contributed by atoms with E-state index in [-0.39, 0.29) is 18.5 Å². The van der Waals surface area contributed by atoms with Crippen LogP contribution in [0.25, 0.3) is 0 Å². The molecule has 6 heteroatoms. The number of hydrogen-bond acceptors (Lipinski definition) is 5. The lowest BCUT2D eigenvalue weighted by atomic mass is 10.0. The molecule has 0 spiro atoms. The predicted molar refractivity (Wildman–Crippen MR) is 278 cm³/mol. The Morgan fingerprint density at radius 3 is 1.11 bits per heavy atom. The number of amides is 1. The average Bonchev–Trinajstić information content (AvgIpc) is 3.29. The molecular weight excluding hydrogens is 791 g/mol. The van der Waals surface area contributed by atoms with Crippen molar-refractivity contribution in [1.29, 1.82) is 0 Å². The van der Waals surface area contributed by atoms with Gasteiger partial charge in [0.1, 0.15) is 0 Å². The molecule has 0 aliphatic rings. The Kier molecular flexibility index (Phi) is 52.6. The summed E-state index contributed by atoms with van der Waals surface area (Å²) in [7, 11) is 0. The summed E-state index contributed by atoms with van der Waals surface area (Å²) in [6.07, 6.45) is 64.8. The van der Waals surface area contributed by atoms with Crippen molar-refractivity contribution in [2.24, 2.45) is 0 Å². The van der Waals surface area contributed by atoms with Gasteiger partial charge in [0.2, 0.25) is 5.91 Å². The van der Waals surface area contributed by atoms with Crippen LogP contribution in [0.1, 0.15) is 309 Å². The Bertz CT molecular complexity index is 997. The van der Waals surface area contributed by atoms with Gasteiger partial charge in [0.25, 0.3) is 0 Å². The highest BCUT2D eigenvalue weighted by molar-refractivity contribution is 5.76. The minimum Gasteiger partial charge on any atom is -0.466 e. The lowest BCUT2D eigenvalue weighted by Crippen LogP contribution is -2.45. The summed E-state index contributed by atoms with van der Waals surface area (Å²) in [6, 6.07) is -0.632. The van der Waals surface area contributed by atoms with Gasteiger partial charge in [-0.05, 0) is 57.8 Å². The molecule has 0 rings (SSSR count). The van der Waals surface area contributed by atoms with Crippen molar-refractivity contribution in [1.82, 2.24) is 5.32 Å². The van der Waals surface area contributed by atoms with Crippen LogP contribution in [0.5, 0.6) is 0 Å². The summed E-state index contributed by atoms with van der Waals surface area (Å²) in [5, 5.41) is 23.1. The number of hydrogen-bond donors (Lipinski definition) is 3. The molecule has 0 fully saturated rings. The molecule has 2 atom stereocenters. The van der Waals surface area contributed by atoms with E-state index in [4.69, 9.17) is 4.74 Å². The number of rotatable bonds is 53. The van der Waals surface area contributed by atoms with Gasteiger partial charge in [0, 0.05) is 12.8 Å². The first-order chi connectivity index (χ1) is 31.5. The molecule has 0 aromatic heterocycles. The average molecular weight is 903 g/mol. The monoisotopic (exact) mass is 902 g/mol. The number of aliphatic hydroxyl groups is 2. The van der Waals surface area contributed by atoms with E-state index < -0.39 is 12.1 Å². The van der Waals surface area contributed by atoms with Crippen molar-refractivity contribution in [2.45, 2.75) is 321 Å². The topological polar surface area (TPSA) is 95.9 Å². The second kappa shape index (κ2) is 54.0. The van der Waals surface area contributed by atoms with Crippen molar-refractivity contribution < 1.29 is 24.5 Å². The van der Waals surface area contributed by atoms with Crippen molar-refractivity contribution >= 4 is 11.9 Å². The normalized spacial score (nSPS) is 12.8. The third-order valence-corrected chi connectivity index (χ3v) is 13.2. The van der Waals surface area contributed by atoms with Crippen LogP contribution in [0.4, 0.5) is 0 Å². The standard InChI is InChI=1S/C58H111NO5/c1-3-5-7-9-11-13-15-17-27-30-34-38-42-46-50-56(61)55(54-60)59-57(62)51-47-43-39-35-31-28-25-23-21-19-18-20-22-24-26-29-33-37-41-45-49-53-64-58(63)52-48-44-40-36-32-16-14-12-10-8-6-4-2/h19,21,46,50,55-56,60-61H,3-18,20,22-45,47-49,51-54H2,1-2H3,(H,59,62)/b21-19-,50-46+. The van der Waals surface area contributed by atoms with Gasteiger partial charge in [-0.25, -0.2) is 0 Å². The van der Waals surface area contributed by atoms with Crippen LogP contribution in [0.2, 0.25) is 0 Å². The van der Waals surface area contributed by atoms with Crippen LogP contribution < -0.4 is 5.32 Å². The van der Waals surface area contributed by atoms with Crippen LogP contribution in [0.15, 0.2) is 24.3 Å². The number of ether oxygens (including phenoxy) is 1. The van der Waals surface area contributed by atoms with Crippen molar-refractivity contribution in [2.75, 3.05) is 13.2 Å². The maximum atomic E-state index is 12.4. The van der Waals surface area contributed by atoms with Crippen LogP contribution in [0.3, 0.4) is 0 Å². The quantitative estimate of drug-likeness (QED) is 0.0321. The minimum atomic E-state index is -0.848. The summed E-state index contributed by atoms with van der Waals surface area (Å²) in [4.78, 5) is 24.4. The lowest BCUT2D eigenvalue weighted by Gasteiger charge is -2.20. The number of nitrogens with one attached hydrogen (secondary N) is 1. The largest absolute Gasteiger partial charge is 0.466 e. The molecule has 0 aromatic carbocycles. The molecule has 0 aliphatic carbocycles. The van der Waals surface area contributed by atoms with Crippen LogP contribution >= 0.6 is 0 Å². The lowest BCUT2D eigenvalue weighted by molar-refractivity contribution is -0.143. The highest BCUT2D eigenvalue weighted by atomic mass is 16.5. The number of esters is 1. The molecule has 2 unspecified atom stereocenters. The Morgan fingerprint density at radius 2 is 0.734 bits per heavy atom. The minimum absolute atomic E-state index is 0.00822. The summed E-state index contributed by atoms with van der Waals surface area (Å²) in [5.41, 5.74) is 0. The van der Waals surface area contributed by atoms with Gasteiger partial charge in [-0.15, -0.1) is 0 Å². The zero-order valence-electron chi connectivity index (χ0n) is 43.0. The van der Waals surface area contributed by atoms with Crippen LogP contribution in [-0.4, -0.2) is 47.4 Å².